The molecule has 202 valence electrons. The van der Waals surface area contributed by atoms with E-state index in [1.54, 1.807) is 6.07 Å². The highest BCUT2D eigenvalue weighted by Gasteiger charge is 2.61. The van der Waals surface area contributed by atoms with Crippen LogP contribution in [0.1, 0.15) is 53.7 Å². The third-order valence-corrected chi connectivity index (χ3v) is 6.90. The molecule has 2 aliphatic rings. The fourth-order valence-electron chi connectivity index (χ4n) is 4.93. The molecule has 0 N–H and O–H groups in total. The highest BCUT2D eigenvalue weighted by atomic mass is 19.4. The van der Waals surface area contributed by atoms with Crippen LogP contribution in [0.25, 0.3) is 0 Å². The largest absolute Gasteiger partial charge is 0.419 e. The first-order valence-corrected chi connectivity index (χ1v) is 11.5. The van der Waals surface area contributed by atoms with Gasteiger partial charge in [-0.3, -0.25) is 14.5 Å². The monoisotopic (exact) mass is 549 g/mol. The quantitative estimate of drug-likeness (QED) is 0.427. The van der Waals surface area contributed by atoms with Crippen LogP contribution in [0.2, 0.25) is 0 Å². The minimum Gasteiger partial charge on any atom is -0.419 e. The molecule has 2 aromatic carbocycles. The molecule has 1 saturated heterocycles. The van der Waals surface area contributed by atoms with Crippen molar-refractivity contribution in [3.63, 3.8) is 0 Å². The summed E-state index contributed by atoms with van der Waals surface area (Å²) in [7, 11) is 0. The van der Waals surface area contributed by atoms with Crippen molar-refractivity contribution in [2.24, 2.45) is 0 Å². The molecule has 0 unspecified atom stereocenters. The number of carbonyl (C=O) groups is 2. The Morgan fingerprint density at radius 2 is 1.79 bits per heavy atom. The highest BCUT2D eigenvalue weighted by Crippen LogP contribution is 2.51. The lowest BCUT2D eigenvalue weighted by atomic mass is 9.65. The van der Waals surface area contributed by atoms with Gasteiger partial charge in [0.25, 0.3) is 11.8 Å². The molecule has 1 spiro atoms. The second-order valence-electron chi connectivity index (χ2n) is 9.26. The number of nitrogens with zero attached hydrogens (tertiary/aromatic N) is 5. The van der Waals surface area contributed by atoms with Gasteiger partial charge < -0.3 is 9.32 Å². The number of piperazine rings is 1. The maximum Gasteiger partial charge on any atom is 0.416 e. The molecule has 39 heavy (non-hydrogen) atoms. The molecular weight excluding hydrogens is 532 g/mol. The third kappa shape index (κ3) is 4.58. The molecule has 5 rings (SSSR count). The van der Waals surface area contributed by atoms with Crippen LogP contribution in [0.4, 0.5) is 32.0 Å². The lowest BCUT2D eigenvalue weighted by Gasteiger charge is -2.56. The van der Waals surface area contributed by atoms with Gasteiger partial charge in [0.15, 0.2) is 0 Å². The Labute approximate surface area is 216 Å². The summed E-state index contributed by atoms with van der Waals surface area (Å²) in [5, 5.41) is 15.9. The number of aromatic nitrogens is 2. The number of benzene rings is 2. The molecule has 0 atom stereocenters. The van der Waals surface area contributed by atoms with Gasteiger partial charge in [-0.25, -0.2) is 4.39 Å². The predicted molar refractivity (Wildman–Crippen MR) is 119 cm³/mol. The molecule has 3 aromatic rings. The smallest absolute Gasteiger partial charge is 0.416 e. The van der Waals surface area contributed by atoms with E-state index in [2.05, 4.69) is 10.2 Å². The van der Waals surface area contributed by atoms with Gasteiger partial charge in [-0.15, -0.1) is 10.2 Å². The molecule has 1 aliphatic heterocycles. The molecule has 1 aromatic heterocycles. The highest BCUT2D eigenvalue weighted by molar-refractivity contribution is 6.10. The Balaban J connectivity index is 1.48. The number of halogens is 6. The molecule has 1 aliphatic carbocycles. The van der Waals surface area contributed by atoms with E-state index in [-0.39, 0.29) is 36.5 Å². The van der Waals surface area contributed by atoms with Gasteiger partial charge in [-0.05, 0) is 48.7 Å². The first-order chi connectivity index (χ1) is 18.4. The summed E-state index contributed by atoms with van der Waals surface area (Å²) in [6, 6.07) is 9.24. The summed E-state index contributed by atoms with van der Waals surface area (Å²) in [5.41, 5.74) is -2.40. The maximum atomic E-state index is 14.8. The van der Waals surface area contributed by atoms with Crippen LogP contribution < -0.4 is 4.90 Å². The number of amides is 2. The van der Waals surface area contributed by atoms with E-state index >= 15 is 0 Å². The number of nitriles is 1. The van der Waals surface area contributed by atoms with E-state index in [4.69, 9.17) is 9.68 Å². The molecule has 8 nitrogen and oxygen atoms in total. The fourth-order valence-corrected chi connectivity index (χ4v) is 4.93. The maximum absolute atomic E-state index is 14.8. The number of anilines is 1. The van der Waals surface area contributed by atoms with Gasteiger partial charge in [0.1, 0.15) is 17.9 Å². The van der Waals surface area contributed by atoms with Crippen molar-refractivity contribution < 1.29 is 40.3 Å². The van der Waals surface area contributed by atoms with E-state index in [0.29, 0.717) is 5.56 Å². The van der Waals surface area contributed by atoms with Gasteiger partial charge in [-0.1, -0.05) is 12.1 Å². The standard InChI is InChI=1S/C25H17F6N5O3/c26-17-7-14(10-32)3-6-18(17)35-12-19(37)36(11-13-1-4-16(5-2-13)25(29,30)31)24(23(35)38)8-15(9-24)21-33-34-22(39-21)20(27)28/h1-7,15,20H,8-9,11-12H2. The second-order valence-corrected chi connectivity index (χ2v) is 9.26. The van der Waals surface area contributed by atoms with Gasteiger partial charge in [0.05, 0.1) is 22.9 Å². The summed E-state index contributed by atoms with van der Waals surface area (Å²) < 4.78 is 84.7. The van der Waals surface area contributed by atoms with E-state index in [9.17, 15) is 35.9 Å². The van der Waals surface area contributed by atoms with Gasteiger partial charge in [-0.2, -0.15) is 27.2 Å². The normalized spacial score (nSPS) is 21.4. The van der Waals surface area contributed by atoms with Crippen LogP contribution in [0, 0.1) is 17.1 Å². The SMILES string of the molecule is N#Cc1ccc(N2CC(=O)N(Cc3ccc(C(F)(F)F)cc3)C3(CC(c4nnc(C(F)F)o4)C3)C2=O)c(F)c1. The van der Waals surface area contributed by atoms with E-state index in [1.165, 1.54) is 29.2 Å². The zero-order chi connectivity index (χ0) is 28.1. The average molecular weight is 549 g/mol. The molecular formula is C25H17F6N5O3. The minimum absolute atomic E-state index is 0.000569. The van der Waals surface area contributed by atoms with Crippen LogP contribution in [0.15, 0.2) is 46.9 Å². The van der Waals surface area contributed by atoms with Crippen molar-refractivity contribution >= 4 is 17.5 Å². The summed E-state index contributed by atoms with van der Waals surface area (Å²) >= 11 is 0. The van der Waals surface area contributed by atoms with Crippen molar-refractivity contribution in [1.82, 2.24) is 15.1 Å². The van der Waals surface area contributed by atoms with Crippen molar-refractivity contribution in [3.05, 3.63) is 76.8 Å². The number of hydrogen-bond acceptors (Lipinski definition) is 6. The zero-order valence-electron chi connectivity index (χ0n) is 19.8. The van der Waals surface area contributed by atoms with Crippen molar-refractivity contribution in [1.29, 1.82) is 5.26 Å². The molecule has 2 amide bonds. The Bertz CT molecular complexity index is 1470. The molecule has 14 heteroatoms. The second kappa shape index (κ2) is 9.40. The molecule has 2 fully saturated rings. The molecule has 0 radical (unpaired) electrons. The molecule has 2 heterocycles. The van der Waals surface area contributed by atoms with E-state index in [0.717, 1.165) is 23.1 Å². The lowest BCUT2D eigenvalue weighted by molar-refractivity contribution is -0.160. The van der Waals surface area contributed by atoms with Gasteiger partial charge in [0, 0.05) is 12.5 Å². The summed E-state index contributed by atoms with van der Waals surface area (Å²) in [6.45, 7) is -0.796. The summed E-state index contributed by atoms with van der Waals surface area (Å²) in [5.74, 6) is -3.94. The van der Waals surface area contributed by atoms with Crippen LogP contribution >= 0.6 is 0 Å². The number of rotatable bonds is 5. The van der Waals surface area contributed by atoms with Crippen LogP contribution in [-0.4, -0.2) is 39.0 Å². The Hall–Kier alpha value is -4.41. The number of carbonyl (C=O) groups excluding carboxylic acids is 2. The Morgan fingerprint density at radius 3 is 2.36 bits per heavy atom. The average Bonchev–Trinajstić information content (AvgIpc) is 3.35. The summed E-state index contributed by atoms with van der Waals surface area (Å²) in [4.78, 5) is 29.3. The van der Waals surface area contributed by atoms with Gasteiger partial charge >= 0.3 is 12.6 Å². The Kier molecular flexibility index (Phi) is 6.32. The third-order valence-electron chi connectivity index (χ3n) is 6.90. The van der Waals surface area contributed by atoms with Crippen LogP contribution in [-0.2, 0) is 22.3 Å². The molecule has 1 saturated carbocycles. The van der Waals surface area contributed by atoms with Crippen molar-refractivity contribution in [3.8, 4) is 6.07 Å². The van der Waals surface area contributed by atoms with Crippen LogP contribution in [0.3, 0.4) is 0 Å². The van der Waals surface area contributed by atoms with Crippen LogP contribution in [0.5, 0.6) is 0 Å². The first-order valence-electron chi connectivity index (χ1n) is 11.5. The number of alkyl halides is 5. The fraction of sp³-hybridized carbons (Fsp3) is 0.320. The topological polar surface area (TPSA) is 103 Å². The number of hydrogen-bond donors (Lipinski definition) is 0. The zero-order valence-corrected chi connectivity index (χ0v) is 19.8. The van der Waals surface area contributed by atoms with E-state index < -0.39 is 59.7 Å². The lowest BCUT2D eigenvalue weighted by Crippen LogP contribution is -2.72. The molecule has 0 bridgehead atoms. The predicted octanol–water partition coefficient (Wildman–Crippen LogP) is 4.73. The van der Waals surface area contributed by atoms with Crippen molar-refractivity contribution in [2.45, 2.75) is 43.4 Å². The summed E-state index contributed by atoms with van der Waals surface area (Å²) in [6.07, 6.45) is -7.83. The minimum atomic E-state index is -4.56. The van der Waals surface area contributed by atoms with Gasteiger partial charge in [0.2, 0.25) is 11.8 Å². The first kappa shape index (κ1) is 26.2. The van der Waals surface area contributed by atoms with E-state index in [1.807, 2.05) is 0 Å². The Morgan fingerprint density at radius 1 is 1.10 bits per heavy atom. The van der Waals surface area contributed by atoms with Crippen molar-refractivity contribution in [2.75, 3.05) is 11.4 Å².